The second-order valence-corrected chi connectivity index (χ2v) is 3.52. The van der Waals surface area contributed by atoms with Crippen LogP contribution < -0.4 is 0 Å². The molecule has 0 aliphatic rings. The molecule has 0 amide bonds. The van der Waals surface area contributed by atoms with Crippen LogP contribution in [0.5, 0.6) is 0 Å². The number of hydrogen-bond acceptors (Lipinski definition) is 1. The predicted molar refractivity (Wildman–Crippen MR) is 61.7 cm³/mol. The Balaban J connectivity index is 2.60. The van der Waals surface area contributed by atoms with Crippen LogP contribution >= 0.6 is 0 Å². The normalized spacial score (nSPS) is 10.7. The van der Waals surface area contributed by atoms with E-state index in [2.05, 4.69) is 19.1 Å². The van der Waals surface area contributed by atoms with Gasteiger partial charge in [0.2, 0.25) is 0 Å². The van der Waals surface area contributed by atoms with E-state index in [1.54, 1.807) is 6.08 Å². The van der Waals surface area contributed by atoms with Gasteiger partial charge in [0.15, 0.2) is 0 Å². The fourth-order valence-corrected chi connectivity index (χ4v) is 1.34. The third kappa shape index (κ3) is 4.45. The molecule has 0 aromatic heterocycles. The summed E-state index contributed by atoms with van der Waals surface area (Å²) in [5.74, 6) is -0.912. The highest BCUT2D eigenvalue weighted by molar-refractivity contribution is 5.85. The predicted octanol–water partition coefficient (Wildman–Crippen LogP) is 3.13. The van der Waals surface area contributed by atoms with Crippen molar-refractivity contribution in [3.8, 4) is 0 Å². The van der Waals surface area contributed by atoms with Gasteiger partial charge in [-0.3, -0.25) is 0 Å². The van der Waals surface area contributed by atoms with Gasteiger partial charge in [0.1, 0.15) is 0 Å². The summed E-state index contributed by atoms with van der Waals surface area (Å²) in [5.41, 5.74) is 2.24. The highest BCUT2D eigenvalue weighted by Gasteiger charge is 1.93. The van der Waals surface area contributed by atoms with E-state index in [-0.39, 0.29) is 0 Å². The molecule has 1 rings (SSSR count). The lowest BCUT2D eigenvalue weighted by Crippen LogP contribution is -1.87. The van der Waals surface area contributed by atoms with E-state index in [4.69, 9.17) is 5.11 Å². The van der Waals surface area contributed by atoms with Crippen molar-refractivity contribution in [3.63, 3.8) is 0 Å². The van der Waals surface area contributed by atoms with Crippen molar-refractivity contribution in [1.29, 1.82) is 0 Å². The van der Waals surface area contributed by atoms with Crippen LogP contribution in [-0.2, 0) is 11.2 Å². The first kappa shape index (κ1) is 11.5. The molecule has 1 aromatic rings. The lowest BCUT2D eigenvalue weighted by atomic mass is 10.1. The Morgan fingerprint density at radius 2 is 2.00 bits per heavy atom. The Kier molecular flexibility index (Phi) is 4.61. The van der Waals surface area contributed by atoms with E-state index in [1.165, 1.54) is 18.4 Å². The maximum Gasteiger partial charge on any atom is 0.328 e. The summed E-state index contributed by atoms with van der Waals surface area (Å²) in [4.78, 5) is 10.3. The number of carboxylic acid groups (broad SMARTS) is 1. The zero-order valence-corrected chi connectivity index (χ0v) is 8.94. The second kappa shape index (κ2) is 6.02. The SMILES string of the molecule is CCCCc1ccc(C=CC(=O)O)cc1. The smallest absolute Gasteiger partial charge is 0.328 e. The van der Waals surface area contributed by atoms with E-state index < -0.39 is 5.97 Å². The first-order chi connectivity index (χ1) is 7.22. The molecule has 0 unspecified atom stereocenters. The summed E-state index contributed by atoms with van der Waals surface area (Å²) in [5, 5.41) is 8.46. The van der Waals surface area contributed by atoms with Crippen molar-refractivity contribution in [3.05, 3.63) is 41.5 Å². The van der Waals surface area contributed by atoms with Gasteiger partial charge in [-0.15, -0.1) is 0 Å². The van der Waals surface area contributed by atoms with Crippen molar-refractivity contribution in [2.75, 3.05) is 0 Å². The summed E-state index contributed by atoms with van der Waals surface area (Å²) in [6, 6.07) is 8.00. The molecule has 2 nitrogen and oxygen atoms in total. The van der Waals surface area contributed by atoms with E-state index in [0.717, 1.165) is 18.1 Å². The molecule has 0 aliphatic heterocycles. The summed E-state index contributed by atoms with van der Waals surface area (Å²) in [7, 11) is 0. The number of aryl methyl sites for hydroxylation is 1. The third-order valence-corrected chi connectivity index (χ3v) is 2.22. The molecule has 80 valence electrons. The van der Waals surface area contributed by atoms with E-state index in [1.807, 2.05) is 12.1 Å². The van der Waals surface area contributed by atoms with Crippen molar-refractivity contribution >= 4 is 12.0 Å². The maximum atomic E-state index is 10.3. The Morgan fingerprint density at radius 1 is 1.33 bits per heavy atom. The highest BCUT2D eigenvalue weighted by atomic mass is 16.4. The minimum absolute atomic E-state index is 0.912. The third-order valence-electron chi connectivity index (χ3n) is 2.22. The van der Waals surface area contributed by atoms with Crippen molar-refractivity contribution in [2.24, 2.45) is 0 Å². The summed E-state index contributed by atoms with van der Waals surface area (Å²) in [6.07, 6.45) is 6.25. The fourth-order valence-electron chi connectivity index (χ4n) is 1.34. The Hall–Kier alpha value is -1.57. The van der Waals surface area contributed by atoms with Gasteiger partial charge < -0.3 is 5.11 Å². The van der Waals surface area contributed by atoms with Gasteiger partial charge in [-0.1, -0.05) is 37.6 Å². The van der Waals surface area contributed by atoms with Crippen LogP contribution in [0.25, 0.3) is 6.08 Å². The maximum absolute atomic E-state index is 10.3. The van der Waals surface area contributed by atoms with Crippen LogP contribution in [0.4, 0.5) is 0 Å². The number of unbranched alkanes of at least 4 members (excludes halogenated alkanes) is 1. The monoisotopic (exact) mass is 204 g/mol. The van der Waals surface area contributed by atoms with E-state index >= 15 is 0 Å². The van der Waals surface area contributed by atoms with Gasteiger partial charge in [0.25, 0.3) is 0 Å². The number of benzene rings is 1. The van der Waals surface area contributed by atoms with Crippen LogP contribution in [-0.4, -0.2) is 11.1 Å². The summed E-state index contributed by atoms with van der Waals surface area (Å²) in [6.45, 7) is 2.17. The first-order valence-corrected chi connectivity index (χ1v) is 5.22. The molecule has 0 spiro atoms. The van der Waals surface area contributed by atoms with Gasteiger partial charge >= 0.3 is 5.97 Å². The Morgan fingerprint density at radius 3 is 2.53 bits per heavy atom. The molecule has 0 aliphatic carbocycles. The van der Waals surface area contributed by atoms with Crippen LogP contribution in [0.1, 0.15) is 30.9 Å². The number of carbonyl (C=O) groups is 1. The quantitative estimate of drug-likeness (QED) is 0.748. The van der Waals surface area contributed by atoms with Crippen molar-refractivity contribution < 1.29 is 9.90 Å². The lowest BCUT2D eigenvalue weighted by molar-refractivity contribution is -0.131. The van der Waals surface area contributed by atoms with Crippen LogP contribution in [0.3, 0.4) is 0 Å². The van der Waals surface area contributed by atoms with Crippen molar-refractivity contribution in [2.45, 2.75) is 26.2 Å². The molecule has 0 heterocycles. The zero-order valence-electron chi connectivity index (χ0n) is 8.94. The van der Waals surface area contributed by atoms with E-state index in [0.29, 0.717) is 0 Å². The molecule has 0 saturated heterocycles. The van der Waals surface area contributed by atoms with Gasteiger partial charge in [-0.2, -0.15) is 0 Å². The molecule has 0 radical (unpaired) electrons. The van der Waals surface area contributed by atoms with Gasteiger partial charge in [0.05, 0.1) is 0 Å². The fraction of sp³-hybridized carbons (Fsp3) is 0.308. The molecular weight excluding hydrogens is 188 g/mol. The topological polar surface area (TPSA) is 37.3 Å². The van der Waals surface area contributed by atoms with Crippen LogP contribution in [0, 0.1) is 0 Å². The Bertz CT molecular complexity index is 336. The highest BCUT2D eigenvalue weighted by Crippen LogP contribution is 2.08. The second-order valence-electron chi connectivity index (χ2n) is 3.52. The molecule has 0 saturated carbocycles. The zero-order chi connectivity index (χ0) is 11.1. The number of carboxylic acids is 1. The van der Waals surface area contributed by atoms with Gasteiger partial charge in [0, 0.05) is 6.08 Å². The molecular formula is C13H16O2. The van der Waals surface area contributed by atoms with Crippen LogP contribution in [0.2, 0.25) is 0 Å². The standard InChI is InChI=1S/C13H16O2/c1-2-3-4-11-5-7-12(8-6-11)9-10-13(14)15/h5-10H,2-4H2,1H3,(H,14,15). The minimum Gasteiger partial charge on any atom is -0.478 e. The molecule has 1 N–H and O–H groups in total. The van der Waals surface area contributed by atoms with Gasteiger partial charge in [-0.05, 0) is 30.0 Å². The average Bonchev–Trinajstić information content (AvgIpc) is 2.25. The first-order valence-electron chi connectivity index (χ1n) is 5.22. The lowest BCUT2D eigenvalue weighted by Gasteiger charge is -1.99. The van der Waals surface area contributed by atoms with Gasteiger partial charge in [-0.25, -0.2) is 4.79 Å². The minimum atomic E-state index is -0.912. The number of aliphatic carboxylic acids is 1. The van der Waals surface area contributed by atoms with Crippen molar-refractivity contribution in [1.82, 2.24) is 0 Å². The average molecular weight is 204 g/mol. The summed E-state index contributed by atoms with van der Waals surface area (Å²) < 4.78 is 0. The number of hydrogen-bond donors (Lipinski definition) is 1. The Labute approximate surface area is 90.3 Å². The number of rotatable bonds is 5. The molecule has 0 bridgehead atoms. The van der Waals surface area contributed by atoms with Crippen LogP contribution in [0.15, 0.2) is 30.3 Å². The molecule has 1 aromatic carbocycles. The largest absolute Gasteiger partial charge is 0.478 e. The molecule has 0 atom stereocenters. The van der Waals surface area contributed by atoms with E-state index in [9.17, 15) is 4.79 Å². The molecule has 2 heteroatoms. The summed E-state index contributed by atoms with van der Waals surface area (Å²) >= 11 is 0. The molecule has 15 heavy (non-hydrogen) atoms. The molecule has 0 fully saturated rings.